The molecule has 11 heavy (non-hydrogen) atoms. The highest BCUT2D eigenvalue weighted by Crippen LogP contribution is 2.06. The molecular formula is C8H12N2O. The second-order valence-electron chi connectivity index (χ2n) is 2.48. The van der Waals surface area contributed by atoms with Crippen molar-refractivity contribution in [1.82, 2.24) is 0 Å². The summed E-state index contributed by atoms with van der Waals surface area (Å²) in [5, 5.41) is 16.8. The number of aliphatic imine (C=N–C) groups is 1. The lowest BCUT2D eigenvalue weighted by atomic mass is 10.0. The van der Waals surface area contributed by atoms with Crippen LogP contribution in [0, 0.1) is 5.41 Å². The number of hydrogen-bond donors (Lipinski definition) is 2. The highest BCUT2D eigenvalue weighted by molar-refractivity contribution is 6.42. The minimum atomic E-state index is -0.563. The molecule has 0 aliphatic carbocycles. The maximum Gasteiger partial charge on any atom is 0.101 e. The summed E-state index contributed by atoms with van der Waals surface area (Å²) in [4.78, 5) is 3.94. The molecule has 1 heterocycles. The first kappa shape index (κ1) is 8.14. The largest absolute Gasteiger partial charge is 0.386 e. The number of aliphatic hydroxyl groups is 1. The van der Waals surface area contributed by atoms with Crippen LogP contribution in [0.25, 0.3) is 0 Å². The van der Waals surface area contributed by atoms with Crippen molar-refractivity contribution in [3.63, 3.8) is 0 Å². The van der Waals surface area contributed by atoms with Crippen molar-refractivity contribution in [3.8, 4) is 0 Å². The third-order valence-corrected chi connectivity index (χ3v) is 1.66. The van der Waals surface area contributed by atoms with Gasteiger partial charge in [-0.05, 0) is 12.8 Å². The molecule has 0 aromatic carbocycles. The molecule has 0 radical (unpaired) electrons. The summed E-state index contributed by atoms with van der Waals surface area (Å²) < 4.78 is 0. The number of aliphatic hydroxyl groups excluding tert-OH is 1. The van der Waals surface area contributed by atoms with E-state index in [9.17, 15) is 5.11 Å². The fraction of sp³-hybridized carbons (Fsp3) is 0.500. The molecule has 0 bridgehead atoms. The quantitative estimate of drug-likeness (QED) is 0.573. The van der Waals surface area contributed by atoms with Crippen LogP contribution in [0.4, 0.5) is 0 Å². The van der Waals surface area contributed by atoms with Gasteiger partial charge in [0.2, 0.25) is 0 Å². The van der Waals surface area contributed by atoms with Crippen molar-refractivity contribution >= 4 is 11.4 Å². The van der Waals surface area contributed by atoms with Crippen LogP contribution >= 0.6 is 0 Å². The molecule has 60 valence electrons. The molecule has 0 saturated heterocycles. The van der Waals surface area contributed by atoms with Crippen molar-refractivity contribution in [1.29, 1.82) is 5.41 Å². The number of nitrogens with zero attached hydrogens (tertiary/aromatic N) is 1. The van der Waals surface area contributed by atoms with Crippen molar-refractivity contribution in [2.75, 3.05) is 0 Å². The highest BCUT2D eigenvalue weighted by atomic mass is 16.3. The standard InChI is InChI=1S/C8H12N2O/c1-2-6(9)8-7(11)4-3-5-10-8/h3,5,7,9,11H,2,4H2,1H3. The molecule has 1 unspecified atom stereocenters. The van der Waals surface area contributed by atoms with Gasteiger partial charge in [0.1, 0.15) is 6.10 Å². The van der Waals surface area contributed by atoms with Crippen LogP contribution in [0.15, 0.2) is 17.3 Å². The molecule has 0 spiro atoms. The van der Waals surface area contributed by atoms with E-state index in [4.69, 9.17) is 5.41 Å². The highest BCUT2D eigenvalue weighted by Gasteiger charge is 2.16. The third kappa shape index (κ3) is 1.74. The minimum Gasteiger partial charge on any atom is -0.386 e. The lowest BCUT2D eigenvalue weighted by molar-refractivity contribution is 0.245. The lowest BCUT2D eigenvalue weighted by Crippen LogP contribution is -2.28. The van der Waals surface area contributed by atoms with E-state index >= 15 is 0 Å². The molecule has 0 aromatic rings. The average molecular weight is 152 g/mol. The molecule has 1 aliphatic rings. The lowest BCUT2D eigenvalue weighted by Gasteiger charge is -2.14. The Morgan fingerprint density at radius 1 is 1.91 bits per heavy atom. The van der Waals surface area contributed by atoms with Crippen LogP contribution in [0.5, 0.6) is 0 Å². The van der Waals surface area contributed by atoms with Crippen LogP contribution in [0.1, 0.15) is 19.8 Å². The second kappa shape index (κ2) is 3.44. The van der Waals surface area contributed by atoms with E-state index in [-0.39, 0.29) is 0 Å². The Morgan fingerprint density at radius 2 is 2.64 bits per heavy atom. The molecule has 0 aromatic heterocycles. The third-order valence-electron chi connectivity index (χ3n) is 1.66. The van der Waals surface area contributed by atoms with Gasteiger partial charge in [-0.1, -0.05) is 13.0 Å². The van der Waals surface area contributed by atoms with Gasteiger partial charge in [-0.2, -0.15) is 0 Å². The zero-order valence-electron chi connectivity index (χ0n) is 6.54. The number of nitrogens with one attached hydrogen (secondary N) is 1. The SMILES string of the molecule is CCC(=N)C1=NC=CCC1O. The van der Waals surface area contributed by atoms with E-state index < -0.39 is 6.10 Å². The van der Waals surface area contributed by atoms with E-state index in [0.717, 1.165) is 0 Å². The van der Waals surface area contributed by atoms with Crippen molar-refractivity contribution < 1.29 is 5.11 Å². The van der Waals surface area contributed by atoms with E-state index in [2.05, 4.69) is 4.99 Å². The van der Waals surface area contributed by atoms with Gasteiger partial charge in [0, 0.05) is 6.20 Å². The van der Waals surface area contributed by atoms with Crippen LogP contribution in [-0.4, -0.2) is 22.6 Å². The number of hydrogen-bond acceptors (Lipinski definition) is 3. The first-order valence-electron chi connectivity index (χ1n) is 3.74. The van der Waals surface area contributed by atoms with Gasteiger partial charge in [-0.3, -0.25) is 4.99 Å². The molecule has 0 saturated carbocycles. The van der Waals surface area contributed by atoms with Gasteiger partial charge in [-0.15, -0.1) is 0 Å². The number of rotatable bonds is 2. The molecule has 1 aliphatic heterocycles. The van der Waals surface area contributed by atoms with Crippen LogP contribution in [0.3, 0.4) is 0 Å². The van der Waals surface area contributed by atoms with Gasteiger partial charge in [0.25, 0.3) is 0 Å². The Morgan fingerprint density at radius 3 is 3.18 bits per heavy atom. The topological polar surface area (TPSA) is 56.4 Å². The van der Waals surface area contributed by atoms with E-state index in [1.165, 1.54) is 0 Å². The smallest absolute Gasteiger partial charge is 0.101 e. The Kier molecular flexibility index (Phi) is 2.54. The summed E-state index contributed by atoms with van der Waals surface area (Å²) in [5.74, 6) is 0. The summed E-state index contributed by atoms with van der Waals surface area (Å²) in [6, 6.07) is 0. The van der Waals surface area contributed by atoms with Crippen molar-refractivity contribution in [2.24, 2.45) is 4.99 Å². The first-order valence-corrected chi connectivity index (χ1v) is 3.74. The fourth-order valence-electron chi connectivity index (χ4n) is 0.981. The van der Waals surface area contributed by atoms with Crippen molar-refractivity contribution in [2.45, 2.75) is 25.9 Å². The summed E-state index contributed by atoms with van der Waals surface area (Å²) in [7, 11) is 0. The van der Waals surface area contributed by atoms with Crippen molar-refractivity contribution in [3.05, 3.63) is 12.3 Å². The Bertz CT molecular complexity index is 218. The van der Waals surface area contributed by atoms with E-state index in [0.29, 0.717) is 24.3 Å². The van der Waals surface area contributed by atoms with Gasteiger partial charge in [0.15, 0.2) is 0 Å². The zero-order valence-corrected chi connectivity index (χ0v) is 6.54. The summed E-state index contributed by atoms with van der Waals surface area (Å²) >= 11 is 0. The van der Waals surface area contributed by atoms with Gasteiger partial charge in [-0.25, -0.2) is 0 Å². The van der Waals surface area contributed by atoms with E-state index in [1.807, 2.05) is 6.92 Å². The Balaban J connectivity index is 2.75. The Hall–Kier alpha value is -0.960. The first-order chi connectivity index (χ1) is 5.25. The van der Waals surface area contributed by atoms with E-state index in [1.54, 1.807) is 12.3 Å². The monoisotopic (exact) mass is 152 g/mol. The fourth-order valence-corrected chi connectivity index (χ4v) is 0.981. The van der Waals surface area contributed by atoms with Crippen LogP contribution in [-0.2, 0) is 0 Å². The average Bonchev–Trinajstić information content (AvgIpc) is 2.04. The molecule has 1 atom stereocenters. The minimum absolute atomic E-state index is 0.432. The molecule has 3 heteroatoms. The van der Waals surface area contributed by atoms with Gasteiger partial charge in [0.05, 0.1) is 11.4 Å². The predicted octanol–water partition coefficient (Wildman–Crippen LogP) is 1.14. The molecular weight excluding hydrogens is 140 g/mol. The van der Waals surface area contributed by atoms with Gasteiger partial charge >= 0.3 is 0 Å². The normalized spacial score (nSPS) is 23.1. The molecule has 0 amide bonds. The molecule has 0 fully saturated rings. The van der Waals surface area contributed by atoms with Crippen LogP contribution in [0.2, 0.25) is 0 Å². The molecule has 1 rings (SSSR count). The molecule has 2 N–H and O–H groups in total. The summed E-state index contributed by atoms with van der Waals surface area (Å²) in [6.07, 6.45) is 4.10. The maximum atomic E-state index is 9.35. The molecule has 3 nitrogen and oxygen atoms in total. The maximum absolute atomic E-state index is 9.35. The summed E-state index contributed by atoms with van der Waals surface area (Å²) in [6.45, 7) is 1.88. The van der Waals surface area contributed by atoms with Gasteiger partial charge < -0.3 is 10.5 Å². The van der Waals surface area contributed by atoms with Crippen LogP contribution < -0.4 is 0 Å². The Labute approximate surface area is 66.0 Å². The zero-order chi connectivity index (χ0) is 8.27. The second-order valence-corrected chi connectivity index (χ2v) is 2.48. The predicted molar refractivity (Wildman–Crippen MR) is 45.2 cm³/mol. The summed E-state index contributed by atoms with van der Waals surface area (Å²) in [5.41, 5.74) is 0.955.